The number of methoxy groups -OCH3 is 1. The molecule has 2 aromatic rings. The zero-order valence-corrected chi connectivity index (χ0v) is 12.1. The predicted octanol–water partition coefficient (Wildman–Crippen LogP) is 3.33. The third-order valence-corrected chi connectivity index (χ3v) is 2.91. The summed E-state index contributed by atoms with van der Waals surface area (Å²) in [4.78, 5) is 15.5. The summed E-state index contributed by atoms with van der Waals surface area (Å²) in [5, 5.41) is 8.92. The van der Waals surface area contributed by atoms with Crippen LogP contribution in [0.15, 0.2) is 54.2 Å². The van der Waals surface area contributed by atoms with Crippen molar-refractivity contribution in [3.05, 3.63) is 71.1 Å². The fourth-order valence-corrected chi connectivity index (χ4v) is 1.77. The van der Waals surface area contributed by atoms with Gasteiger partial charge in [0.2, 0.25) is 0 Å². The highest BCUT2D eigenvalue weighted by atomic mass is 16.5. The van der Waals surface area contributed by atoms with Gasteiger partial charge in [-0.15, -0.1) is 0 Å². The number of pyridine rings is 1. The van der Waals surface area contributed by atoms with Crippen molar-refractivity contribution in [2.75, 3.05) is 7.11 Å². The number of benzene rings is 1. The van der Waals surface area contributed by atoms with Crippen LogP contribution in [0.25, 0.3) is 18.2 Å². The van der Waals surface area contributed by atoms with Crippen molar-refractivity contribution < 1.29 is 9.53 Å². The number of hydrogen-bond acceptors (Lipinski definition) is 4. The summed E-state index contributed by atoms with van der Waals surface area (Å²) < 4.78 is 4.54. The first-order valence-electron chi connectivity index (χ1n) is 6.62. The minimum Gasteiger partial charge on any atom is -0.465 e. The summed E-state index contributed by atoms with van der Waals surface area (Å²) in [5.74, 6) is -0.637. The Kier molecular flexibility index (Phi) is 5.22. The summed E-state index contributed by atoms with van der Waals surface area (Å²) >= 11 is 0. The number of hydrogen-bond donors (Lipinski definition) is 0. The van der Waals surface area contributed by atoms with Gasteiger partial charge in [-0.3, -0.25) is 4.98 Å². The Hall–Kier alpha value is -3.19. The van der Waals surface area contributed by atoms with Crippen LogP contribution in [-0.4, -0.2) is 18.1 Å². The van der Waals surface area contributed by atoms with E-state index in [9.17, 15) is 4.79 Å². The second-order valence-corrected chi connectivity index (χ2v) is 4.42. The number of rotatable bonds is 4. The number of nitrogens with zero attached hydrogens (tertiary/aromatic N) is 2. The van der Waals surface area contributed by atoms with E-state index in [1.54, 1.807) is 6.20 Å². The lowest BCUT2D eigenvalue weighted by atomic mass is 10.1. The van der Waals surface area contributed by atoms with E-state index in [4.69, 9.17) is 5.26 Å². The van der Waals surface area contributed by atoms with Gasteiger partial charge in [0.15, 0.2) is 0 Å². The van der Waals surface area contributed by atoms with Gasteiger partial charge in [0.1, 0.15) is 11.6 Å². The molecule has 22 heavy (non-hydrogen) atoms. The topological polar surface area (TPSA) is 63.0 Å². The Labute approximate surface area is 129 Å². The molecule has 0 atom stereocenters. The molecular weight excluding hydrogens is 276 g/mol. The van der Waals surface area contributed by atoms with E-state index in [1.807, 2.05) is 60.7 Å². The Bertz CT molecular complexity index is 739. The molecule has 0 aliphatic rings. The number of aromatic nitrogens is 1. The van der Waals surface area contributed by atoms with E-state index in [2.05, 4.69) is 9.72 Å². The smallest absolute Gasteiger partial charge is 0.348 e. The lowest BCUT2D eigenvalue weighted by Gasteiger charge is -1.99. The fourth-order valence-electron chi connectivity index (χ4n) is 1.77. The molecule has 2 rings (SSSR count). The molecule has 0 spiro atoms. The Balaban J connectivity index is 2.14. The molecule has 1 aromatic heterocycles. The zero-order chi connectivity index (χ0) is 15.8. The molecule has 0 amide bonds. The molecular formula is C18H14N2O2. The molecule has 0 saturated carbocycles. The van der Waals surface area contributed by atoms with Gasteiger partial charge in [0.25, 0.3) is 0 Å². The third kappa shape index (κ3) is 4.15. The van der Waals surface area contributed by atoms with Crippen LogP contribution in [0.2, 0.25) is 0 Å². The number of carbonyl (C=O) groups is 1. The first-order valence-corrected chi connectivity index (χ1v) is 6.62. The van der Waals surface area contributed by atoms with Crippen molar-refractivity contribution in [3.63, 3.8) is 0 Å². The molecule has 4 heteroatoms. The summed E-state index contributed by atoms with van der Waals surface area (Å²) in [6, 6.07) is 15.0. The van der Waals surface area contributed by atoms with Crippen molar-refractivity contribution in [2.45, 2.75) is 0 Å². The molecule has 1 heterocycles. The van der Waals surface area contributed by atoms with Crippen LogP contribution in [-0.2, 0) is 9.53 Å². The molecule has 4 nitrogen and oxygen atoms in total. The molecule has 0 aliphatic carbocycles. The van der Waals surface area contributed by atoms with Gasteiger partial charge in [-0.25, -0.2) is 4.79 Å². The van der Waals surface area contributed by atoms with Crippen molar-refractivity contribution in [2.24, 2.45) is 0 Å². The van der Waals surface area contributed by atoms with Crippen molar-refractivity contribution in [1.82, 2.24) is 4.98 Å². The maximum absolute atomic E-state index is 11.3. The largest absolute Gasteiger partial charge is 0.465 e. The van der Waals surface area contributed by atoms with E-state index in [0.29, 0.717) is 0 Å². The van der Waals surface area contributed by atoms with E-state index >= 15 is 0 Å². The summed E-state index contributed by atoms with van der Waals surface area (Å²) in [7, 11) is 1.25. The van der Waals surface area contributed by atoms with Gasteiger partial charge in [0, 0.05) is 6.20 Å². The summed E-state index contributed by atoms with van der Waals surface area (Å²) in [5.41, 5.74) is 2.61. The van der Waals surface area contributed by atoms with Gasteiger partial charge >= 0.3 is 5.97 Å². The van der Waals surface area contributed by atoms with E-state index in [0.717, 1.165) is 16.8 Å². The zero-order valence-electron chi connectivity index (χ0n) is 12.1. The molecule has 0 unspecified atom stereocenters. The fraction of sp³-hybridized carbons (Fsp3) is 0.0556. The molecule has 0 saturated heterocycles. The van der Waals surface area contributed by atoms with E-state index in [-0.39, 0.29) is 5.57 Å². The highest BCUT2D eigenvalue weighted by Gasteiger charge is 2.07. The van der Waals surface area contributed by atoms with Gasteiger partial charge in [-0.2, -0.15) is 5.26 Å². The molecule has 0 bridgehead atoms. The minimum atomic E-state index is -0.637. The first kappa shape index (κ1) is 15.2. The molecule has 0 radical (unpaired) electrons. The third-order valence-electron chi connectivity index (χ3n) is 2.91. The van der Waals surface area contributed by atoms with Gasteiger partial charge < -0.3 is 4.74 Å². The highest BCUT2D eigenvalue weighted by Crippen LogP contribution is 2.12. The Morgan fingerprint density at radius 1 is 1.14 bits per heavy atom. The predicted molar refractivity (Wildman–Crippen MR) is 85.2 cm³/mol. The lowest BCUT2D eigenvalue weighted by molar-refractivity contribution is -0.135. The summed E-state index contributed by atoms with van der Waals surface area (Å²) in [6.45, 7) is 0. The lowest BCUT2D eigenvalue weighted by Crippen LogP contribution is -2.02. The van der Waals surface area contributed by atoms with Crippen LogP contribution >= 0.6 is 0 Å². The maximum atomic E-state index is 11.3. The molecule has 1 aromatic carbocycles. The SMILES string of the molecule is COC(=O)/C(C#N)=C/c1ccc(/C=C/c2ccccn2)cc1. The van der Waals surface area contributed by atoms with Crippen molar-refractivity contribution in [3.8, 4) is 6.07 Å². The average Bonchev–Trinajstić information content (AvgIpc) is 2.59. The average molecular weight is 290 g/mol. The normalized spacial score (nSPS) is 11.2. The molecule has 0 N–H and O–H groups in total. The number of carbonyl (C=O) groups excluding carboxylic acids is 1. The molecule has 0 fully saturated rings. The first-order chi connectivity index (χ1) is 10.7. The van der Waals surface area contributed by atoms with Gasteiger partial charge in [0.05, 0.1) is 12.8 Å². The summed E-state index contributed by atoms with van der Waals surface area (Å²) in [6.07, 6.45) is 7.10. The van der Waals surface area contributed by atoms with Crippen LogP contribution in [0.4, 0.5) is 0 Å². The van der Waals surface area contributed by atoms with Crippen LogP contribution in [0.5, 0.6) is 0 Å². The standard InChI is InChI=1S/C18H14N2O2/c1-22-18(21)16(13-19)12-15-7-5-14(6-8-15)9-10-17-4-2-3-11-20-17/h2-12H,1H3/b10-9+,16-12+. The minimum absolute atomic E-state index is 0.0284. The van der Waals surface area contributed by atoms with Gasteiger partial charge in [-0.1, -0.05) is 36.4 Å². The van der Waals surface area contributed by atoms with E-state index < -0.39 is 5.97 Å². The molecule has 0 aliphatic heterocycles. The number of ether oxygens (including phenoxy) is 1. The Morgan fingerprint density at radius 2 is 1.86 bits per heavy atom. The maximum Gasteiger partial charge on any atom is 0.348 e. The number of nitriles is 1. The Morgan fingerprint density at radius 3 is 2.45 bits per heavy atom. The van der Waals surface area contributed by atoms with Crippen LogP contribution in [0.3, 0.4) is 0 Å². The second kappa shape index (κ2) is 7.55. The van der Waals surface area contributed by atoms with Crippen molar-refractivity contribution in [1.29, 1.82) is 5.26 Å². The molecule has 108 valence electrons. The highest BCUT2D eigenvalue weighted by molar-refractivity contribution is 5.97. The quantitative estimate of drug-likeness (QED) is 0.492. The van der Waals surface area contributed by atoms with E-state index in [1.165, 1.54) is 13.2 Å². The van der Waals surface area contributed by atoms with Crippen LogP contribution in [0.1, 0.15) is 16.8 Å². The van der Waals surface area contributed by atoms with Gasteiger partial charge in [-0.05, 0) is 35.4 Å². The van der Waals surface area contributed by atoms with Crippen LogP contribution < -0.4 is 0 Å². The van der Waals surface area contributed by atoms with Crippen molar-refractivity contribution >= 4 is 24.2 Å². The second-order valence-electron chi connectivity index (χ2n) is 4.42. The monoisotopic (exact) mass is 290 g/mol. The number of esters is 1. The van der Waals surface area contributed by atoms with Crippen LogP contribution in [0, 0.1) is 11.3 Å².